The minimum absolute atomic E-state index is 0.0457. The molecular formula is C43H42N6O7S. The second-order valence-electron chi connectivity index (χ2n) is 13.4. The molecule has 1 fully saturated rings. The average Bonchev–Trinajstić information content (AvgIpc) is 3.74. The van der Waals surface area contributed by atoms with E-state index in [-0.39, 0.29) is 31.1 Å². The van der Waals surface area contributed by atoms with Gasteiger partial charge in [-0.05, 0) is 68.1 Å². The number of carbonyl (C=O) groups is 2. The van der Waals surface area contributed by atoms with Gasteiger partial charge < -0.3 is 35.1 Å². The van der Waals surface area contributed by atoms with E-state index in [1.807, 2.05) is 103 Å². The Morgan fingerprint density at radius 1 is 0.877 bits per heavy atom. The monoisotopic (exact) mass is 786 g/mol. The highest BCUT2D eigenvalue weighted by Crippen LogP contribution is 2.40. The number of aliphatic hydroxyl groups excluding tert-OH is 1. The van der Waals surface area contributed by atoms with Crippen molar-refractivity contribution in [2.24, 2.45) is 0 Å². The summed E-state index contributed by atoms with van der Waals surface area (Å²) in [5.41, 5.74) is 7.01. The zero-order valence-electron chi connectivity index (χ0n) is 31.1. The number of benzene rings is 5. The summed E-state index contributed by atoms with van der Waals surface area (Å²) < 4.78 is 19.7. The SMILES string of the molecule is COC(=O)[C@H](Cc1ccccc1)NC(=O)NCc1ccccc1-c1ccc([C@@H]2O[C@H](CSc3nnnn3-c3ccc(O)cc3)C[C@H](c3ccc(CO)cc3)O2)cc1. The van der Waals surface area contributed by atoms with E-state index in [2.05, 4.69) is 26.2 Å². The first-order chi connectivity index (χ1) is 27.9. The summed E-state index contributed by atoms with van der Waals surface area (Å²) in [5, 5.41) is 37.8. The number of nitrogens with zero attached hydrogens (tertiary/aromatic N) is 4. The fourth-order valence-corrected chi connectivity index (χ4v) is 7.47. The molecular weight excluding hydrogens is 745 g/mol. The number of thioether (sulfide) groups is 1. The van der Waals surface area contributed by atoms with E-state index in [1.165, 1.54) is 18.9 Å². The second kappa shape index (κ2) is 18.7. The van der Waals surface area contributed by atoms with E-state index in [0.717, 1.165) is 44.6 Å². The van der Waals surface area contributed by atoms with Crippen LogP contribution < -0.4 is 10.6 Å². The van der Waals surface area contributed by atoms with Crippen molar-refractivity contribution in [2.45, 2.75) is 55.7 Å². The number of hydrogen-bond acceptors (Lipinski definition) is 11. The number of methoxy groups -OCH3 is 1. The number of ether oxygens (including phenoxy) is 3. The lowest BCUT2D eigenvalue weighted by Gasteiger charge is -2.36. The Bertz CT molecular complexity index is 2240. The molecule has 2 amide bonds. The Balaban J connectivity index is 1.04. The molecule has 6 aromatic rings. The van der Waals surface area contributed by atoms with Crippen LogP contribution in [0.4, 0.5) is 4.79 Å². The van der Waals surface area contributed by atoms with Crippen molar-refractivity contribution in [3.8, 4) is 22.6 Å². The maximum atomic E-state index is 13.0. The molecule has 4 N–H and O–H groups in total. The van der Waals surface area contributed by atoms with E-state index < -0.39 is 24.3 Å². The summed E-state index contributed by atoms with van der Waals surface area (Å²) in [7, 11) is 1.30. The van der Waals surface area contributed by atoms with Gasteiger partial charge in [0.15, 0.2) is 6.29 Å². The van der Waals surface area contributed by atoms with E-state index in [9.17, 15) is 19.8 Å². The number of nitrogens with one attached hydrogen (secondary N) is 2. The maximum Gasteiger partial charge on any atom is 0.328 e. The summed E-state index contributed by atoms with van der Waals surface area (Å²) in [6.45, 7) is 0.180. The van der Waals surface area contributed by atoms with Crippen LogP contribution in [-0.2, 0) is 38.6 Å². The van der Waals surface area contributed by atoms with Gasteiger partial charge in [-0.3, -0.25) is 0 Å². The number of carbonyl (C=O) groups excluding carboxylic acids is 2. The minimum Gasteiger partial charge on any atom is -0.508 e. The number of tetrazole rings is 1. The largest absolute Gasteiger partial charge is 0.508 e. The molecule has 1 saturated heterocycles. The summed E-state index contributed by atoms with van der Waals surface area (Å²) in [5.74, 6) is 0.173. The van der Waals surface area contributed by atoms with Gasteiger partial charge in [0.1, 0.15) is 11.8 Å². The number of esters is 1. The smallest absolute Gasteiger partial charge is 0.328 e. The van der Waals surface area contributed by atoms with Crippen molar-refractivity contribution in [3.63, 3.8) is 0 Å². The molecule has 14 heteroatoms. The van der Waals surface area contributed by atoms with Crippen LogP contribution in [-0.4, -0.2) is 67.4 Å². The predicted octanol–water partition coefficient (Wildman–Crippen LogP) is 6.45. The standard InChI is InChI=1S/C43H42N6O7S/c1-54-40(52)38(23-28-7-3-2-4-8-28)45-42(53)44-25-33-9-5-6-10-37(33)30-15-17-32(18-16-30)41-55-36(24-39(56-41)31-13-11-29(26-50)12-14-31)27-57-43-46-47-48-49(43)34-19-21-35(51)22-20-34/h2-22,36,38-39,41,50-51H,23-27H2,1H3,(H2,44,45,53)/t36-,38-,39+,41+/m0/s1. The van der Waals surface area contributed by atoms with Crippen molar-refractivity contribution in [1.29, 1.82) is 0 Å². The number of phenols is 1. The van der Waals surface area contributed by atoms with Crippen molar-refractivity contribution in [2.75, 3.05) is 12.9 Å². The number of rotatable bonds is 14. The molecule has 0 unspecified atom stereocenters. The van der Waals surface area contributed by atoms with Crippen molar-refractivity contribution in [3.05, 3.63) is 155 Å². The average molecular weight is 787 g/mol. The zero-order valence-corrected chi connectivity index (χ0v) is 31.9. The van der Waals surface area contributed by atoms with Gasteiger partial charge in [-0.15, -0.1) is 5.10 Å². The van der Waals surface area contributed by atoms with Crippen molar-refractivity contribution >= 4 is 23.8 Å². The zero-order chi connectivity index (χ0) is 39.6. The molecule has 292 valence electrons. The highest BCUT2D eigenvalue weighted by atomic mass is 32.2. The molecule has 1 aliphatic heterocycles. The van der Waals surface area contributed by atoms with Crippen LogP contribution in [0.5, 0.6) is 5.75 Å². The molecule has 0 bridgehead atoms. The van der Waals surface area contributed by atoms with Crippen LogP contribution in [0.2, 0.25) is 0 Å². The first kappa shape index (κ1) is 39.2. The third-order valence-electron chi connectivity index (χ3n) is 9.57. The quantitative estimate of drug-likeness (QED) is 0.0707. The summed E-state index contributed by atoms with van der Waals surface area (Å²) >= 11 is 1.47. The van der Waals surface area contributed by atoms with Gasteiger partial charge in [0.25, 0.3) is 0 Å². The molecule has 0 aliphatic carbocycles. The molecule has 5 aromatic carbocycles. The third-order valence-corrected chi connectivity index (χ3v) is 10.6. The lowest BCUT2D eigenvalue weighted by Crippen LogP contribution is -2.47. The van der Waals surface area contributed by atoms with Gasteiger partial charge in [0, 0.05) is 30.7 Å². The lowest BCUT2D eigenvalue weighted by atomic mass is 9.98. The molecule has 1 aliphatic rings. The fraction of sp³-hybridized carbons (Fsp3) is 0.233. The molecule has 0 saturated carbocycles. The number of amides is 2. The normalized spacial score (nSPS) is 17.1. The highest BCUT2D eigenvalue weighted by molar-refractivity contribution is 7.99. The van der Waals surface area contributed by atoms with E-state index in [1.54, 1.807) is 28.9 Å². The molecule has 4 atom stereocenters. The topological polar surface area (TPSA) is 170 Å². The van der Waals surface area contributed by atoms with Crippen LogP contribution >= 0.6 is 11.8 Å². The molecule has 7 rings (SSSR count). The minimum atomic E-state index is -0.843. The third kappa shape index (κ3) is 10.0. The van der Waals surface area contributed by atoms with Crippen LogP contribution in [0.15, 0.2) is 133 Å². The maximum absolute atomic E-state index is 13.0. The Morgan fingerprint density at radius 3 is 2.33 bits per heavy atom. The Hall–Kier alpha value is -6.06. The number of aliphatic hydroxyl groups is 1. The molecule has 57 heavy (non-hydrogen) atoms. The number of hydrogen-bond donors (Lipinski definition) is 4. The number of aromatic hydroxyl groups is 1. The highest BCUT2D eigenvalue weighted by Gasteiger charge is 2.33. The van der Waals surface area contributed by atoms with E-state index in [4.69, 9.17) is 14.2 Å². The van der Waals surface area contributed by atoms with E-state index in [0.29, 0.717) is 23.8 Å². The van der Waals surface area contributed by atoms with Crippen molar-refractivity contribution < 1.29 is 34.0 Å². The van der Waals surface area contributed by atoms with E-state index >= 15 is 0 Å². The summed E-state index contributed by atoms with van der Waals surface area (Å²) in [6, 6.07) is 38.3. The Kier molecular flexibility index (Phi) is 12.9. The lowest BCUT2D eigenvalue weighted by molar-refractivity contribution is -0.245. The van der Waals surface area contributed by atoms with Crippen molar-refractivity contribution in [1.82, 2.24) is 30.8 Å². The second-order valence-corrected chi connectivity index (χ2v) is 14.4. The Labute approximate surface area is 334 Å². The van der Waals surface area contributed by atoms with Gasteiger partial charge >= 0.3 is 12.0 Å². The molecule has 13 nitrogen and oxygen atoms in total. The number of phenolic OH excluding ortho intramolecular Hbond substituents is 1. The van der Waals surface area contributed by atoms with Crippen LogP contribution in [0.25, 0.3) is 16.8 Å². The van der Waals surface area contributed by atoms with Gasteiger partial charge in [-0.1, -0.05) is 115 Å². The van der Waals surface area contributed by atoms with Crippen LogP contribution in [0.3, 0.4) is 0 Å². The molecule has 0 spiro atoms. The van der Waals surface area contributed by atoms with Crippen LogP contribution in [0, 0.1) is 0 Å². The number of aromatic nitrogens is 4. The number of urea groups is 1. The Morgan fingerprint density at radius 2 is 1.60 bits per heavy atom. The molecule has 2 heterocycles. The molecule has 1 aromatic heterocycles. The van der Waals surface area contributed by atoms with Gasteiger partial charge in [-0.25, -0.2) is 9.59 Å². The van der Waals surface area contributed by atoms with Crippen LogP contribution in [0.1, 0.15) is 46.6 Å². The predicted molar refractivity (Wildman–Crippen MR) is 213 cm³/mol. The fourth-order valence-electron chi connectivity index (χ4n) is 6.56. The first-order valence-electron chi connectivity index (χ1n) is 18.4. The van der Waals surface area contributed by atoms with Gasteiger partial charge in [0.05, 0.1) is 31.6 Å². The summed E-state index contributed by atoms with van der Waals surface area (Å²) in [6.07, 6.45) is -0.296. The summed E-state index contributed by atoms with van der Waals surface area (Å²) in [4.78, 5) is 25.5. The van der Waals surface area contributed by atoms with Gasteiger partial charge in [0.2, 0.25) is 5.16 Å². The van der Waals surface area contributed by atoms with Gasteiger partial charge in [-0.2, -0.15) is 4.68 Å². The first-order valence-corrected chi connectivity index (χ1v) is 19.4. The molecule has 0 radical (unpaired) electrons.